The Kier molecular flexibility index (Phi) is 6.19. The molecule has 0 saturated heterocycles. The third-order valence-corrected chi connectivity index (χ3v) is 4.61. The zero-order valence-corrected chi connectivity index (χ0v) is 15.4. The van der Waals surface area contributed by atoms with Crippen LogP contribution in [-0.2, 0) is 0 Å². The first kappa shape index (κ1) is 17.9. The Morgan fingerprint density at radius 2 is 1.31 bits per heavy atom. The fraction of sp³-hybridized carbons (Fsp3) is 0.120. The average molecular weight is 339 g/mol. The second-order valence-electron chi connectivity index (χ2n) is 6.34. The zero-order valence-electron chi connectivity index (χ0n) is 15.4. The fourth-order valence-corrected chi connectivity index (χ4v) is 3.25. The molecule has 3 aromatic rings. The van der Waals surface area contributed by atoms with Gasteiger partial charge in [-0.1, -0.05) is 103 Å². The van der Waals surface area contributed by atoms with Gasteiger partial charge in [-0.15, -0.1) is 0 Å². The molecule has 3 aromatic carbocycles. The number of allylic oxidation sites excluding steroid dienone is 2. The summed E-state index contributed by atoms with van der Waals surface area (Å²) >= 11 is 0. The van der Waals surface area contributed by atoms with Crippen LogP contribution >= 0.6 is 0 Å². The number of likely N-dealkylation sites (N-methyl/N-ethyl adjacent to an activating group) is 1. The van der Waals surface area contributed by atoms with Crippen LogP contribution in [0.3, 0.4) is 0 Å². The zero-order chi connectivity index (χ0) is 18.2. The van der Waals surface area contributed by atoms with E-state index >= 15 is 0 Å². The monoisotopic (exact) mass is 339 g/mol. The Morgan fingerprint density at radius 1 is 0.769 bits per heavy atom. The van der Waals surface area contributed by atoms with Gasteiger partial charge in [0.05, 0.1) is 6.04 Å². The third kappa shape index (κ3) is 4.38. The smallest absolute Gasteiger partial charge is 0.0539 e. The molecule has 0 spiro atoms. The van der Waals surface area contributed by atoms with Gasteiger partial charge in [-0.2, -0.15) is 0 Å². The Labute approximate surface area is 156 Å². The summed E-state index contributed by atoms with van der Waals surface area (Å²) in [5, 5.41) is 3.47. The minimum absolute atomic E-state index is 0.173. The largest absolute Gasteiger partial charge is 0.310 e. The summed E-state index contributed by atoms with van der Waals surface area (Å²) in [6, 6.07) is 31.8. The molecule has 0 aromatic heterocycles. The van der Waals surface area contributed by atoms with Crippen LogP contribution < -0.4 is 5.32 Å². The molecule has 0 fully saturated rings. The van der Waals surface area contributed by atoms with E-state index in [0.29, 0.717) is 0 Å². The van der Waals surface area contributed by atoms with Crippen LogP contribution in [0.25, 0.3) is 11.6 Å². The maximum absolute atomic E-state index is 3.47. The SMILES string of the molecule is CNC(/C(C)=C(\C=C\c1ccccc1)c1ccccc1)c1ccccc1. The lowest BCUT2D eigenvalue weighted by atomic mass is 9.91. The van der Waals surface area contributed by atoms with E-state index in [0.717, 1.165) is 0 Å². The molecule has 1 N–H and O–H groups in total. The van der Waals surface area contributed by atoms with Gasteiger partial charge in [-0.05, 0) is 41.8 Å². The first-order valence-electron chi connectivity index (χ1n) is 9.01. The molecule has 0 aliphatic rings. The number of hydrogen-bond acceptors (Lipinski definition) is 1. The molecule has 0 bridgehead atoms. The highest BCUT2D eigenvalue weighted by Gasteiger charge is 2.14. The van der Waals surface area contributed by atoms with Crippen LogP contribution in [0.5, 0.6) is 0 Å². The molecule has 1 unspecified atom stereocenters. The van der Waals surface area contributed by atoms with Crippen molar-refractivity contribution in [3.05, 3.63) is 119 Å². The van der Waals surface area contributed by atoms with Crippen molar-refractivity contribution in [2.24, 2.45) is 0 Å². The average Bonchev–Trinajstić information content (AvgIpc) is 2.71. The van der Waals surface area contributed by atoms with Gasteiger partial charge in [0.25, 0.3) is 0 Å². The van der Waals surface area contributed by atoms with Gasteiger partial charge in [-0.25, -0.2) is 0 Å². The molecule has 0 radical (unpaired) electrons. The lowest BCUT2D eigenvalue weighted by Gasteiger charge is -2.21. The van der Waals surface area contributed by atoms with Crippen molar-refractivity contribution in [1.82, 2.24) is 5.32 Å². The van der Waals surface area contributed by atoms with Crippen LogP contribution in [0.4, 0.5) is 0 Å². The van der Waals surface area contributed by atoms with Gasteiger partial charge >= 0.3 is 0 Å². The van der Waals surface area contributed by atoms with Crippen LogP contribution in [-0.4, -0.2) is 7.05 Å². The number of hydrogen-bond donors (Lipinski definition) is 1. The Bertz CT molecular complexity index is 862. The van der Waals surface area contributed by atoms with Crippen molar-refractivity contribution in [2.75, 3.05) is 7.05 Å². The molecule has 0 saturated carbocycles. The molecule has 0 amide bonds. The third-order valence-electron chi connectivity index (χ3n) is 4.61. The van der Waals surface area contributed by atoms with Crippen molar-refractivity contribution >= 4 is 11.6 Å². The van der Waals surface area contributed by atoms with Gasteiger partial charge in [0.15, 0.2) is 0 Å². The second kappa shape index (κ2) is 8.98. The Balaban J connectivity index is 2.06. The molecule has 1 nitrogen and oxygen atoms in total. The predicted octanol–water partition coefficient (Wildman–Crippen LogP) is 6.13. The maximum atomic E-state index is 3.47. The number of nitrogens with one attached hydrogen (secondary N) is 1. The van der Waals surface area contributed by atoms with Crippen molar-refractivity contribution in [2.45, 2.75) is 13.0 Å². The van der Waals surface area contributed by atoms with Gasteiger partial charge in [0, 0.05) is 0 Å². The van der Waals surface area contributed by atoms with Gasteiger partial charge < -0.3 is 5.32 Å². The van der Waals surface area contributed by atoms with E-state index in [9.17, 15) is 0 Å². The predicted molar refractivity (Wildman–Crippen MR) is 113 cm³/mol. The topological polar surface area (TPSA) is 12.0 Å². The highest BCUT2D eigenvalue weighted by atomic mass is 14.9. The summed E-state index contributed by atoms with van der Waals surface area (Å²) in [6.45, 7) is 2.21. The molecular formula is C25H25N. The Morgan fingerprint density at radius 3 is 1.88 bits per heavy atom. The van der Waals surface area contributed by atoms with Gasteiger partial charge in [0.1, 0.15) is 0 Å². The molecule has 0 aliphatic carbocycles. The van der Waals surface area contributed by atoms with Crippen LogP contribution in [0.15, 0.2) is 103 Å². The van der Waals surface area contributed by atoms with E-state index in [2.05, 4.69) is 109 Å². The van der Waals surface area contributed by atoms with Crippen molar-refractivity contribution in [1.29, 1.82) is 0 Å². The first-order chi connectivity index (χ1) is 12.8. The van der Waals surface area contributed by atoms with Crippen LogP contribution in [0, 0.1) is 0 Å². The van der Waals surface area contributed by atoms with E-state index in [1.807, 2.05) is 13.1 Å². The number of benzene rings is 3. The lowest BCUT2D eigenvalue weighted by Crippen LogP contribution is -2.18. The number of rotatable bonds is 6. The minimum Gasteiger partial charge on any atom is -0.310 e. The summed E-state index contributed by atoms with van der Waals surface area (Å²) in [5.74, 6) is 0. The van der Waals surface area contributed by atoms with Crippen molar-refractivity contribution in [3.63, 3.8) is 0 Å². The standard InChI is InChI=1S/C25H25N/c1-20(25(26-2)23-16-10-5-11-17-23)24(22-14-8-4-9-15-22)19-18-21-12-6-3-7-13-21/h3-19,25-26H,1-2H3/b19-18+,24-20+. The summed E-state index contributed by atoms with van der Waals surface area (Å²) < 4.78 is 0. The summed E-state index contributed by atoms with van der Waals surface area (Å²) in [4.78, 5) is 0. The summed E-state index contributed by atoms with van der Waals surface area (Å²) in [5.41, 5.74) is 6.26. The molecule has 1 heteroatoms. The van der Waals surface area contributed by atoms with Crippen molar-refractivity contribution in [3.8, 4) is 0 Å². The molecule has 0 heterocycles. The van der Waals surface area contributed by atoms with E-state index in [4.69, 9.17) is 0 Å². The van der Waals surface area contributed by atoms with Gasteiger partial charge in [-0.3, -0.25) is 0 Å². The lowest BCUT2D eigenvalue weighted by molar-refractivity contribution is 0.680. The molecule has 0 aliphatic heterocycles. The molecule has 1 atom stereocenters. The molecule has 3 rings (SSSR count). The maximum Gasteiger partial charge on any atom is 0.0539 e. The molecule has 130 valence electrons. The normalized spacial score (nSPS) is 13.5. The highest BCUT2D eigenvalue weighted by Crippen LogP contribution is 2.30. The second-order valence-corrected chi connectivity index (χ2v) is 6.34. The van der Waals surface area contributed by atoms with Crippen molar-refractivity contribution < 1.29 is 0 Å². The first-order valence-corrected chi connectivity index (χ1v) is 9.01. The quantitative estimate of drug-likeness (QED) is 0.532. The Hall–Kier alpha value is -2.90. The van der Waals surface area contributed by atoms with E-state index in [-0.39, 0.29) is 6.04 Å². The van der Waals surface area contributed by atoms with Gasteiger partial charge in [0.2, 0.25) is 0 Å². The highest BCUT2D eigenvalue weighted by molar-refractivity contribution is 5.81. The van der Waals surface area contributed by atoms with Crippen LogP contribution in [0.1, 0.15) is 29.7 Å². The van der Waals surface area contributed by atoms with E-state index in [1.165, 1.54) is 27.8 Å². The summed E-state index contributed by atoms with van der Waals surface area (Å²) in [6.07, 6.45) is 4.41. The van der Waals surface area contributed by atoms with Crippen LogP contribution in [0.2, 0.25) is 0 Å². The fourth-order valence-electron chi connectivity index (χ4n) is 3.25. The minimum atomic E-state index is 0.173. The van der Waals surface area contributed by atoms with E-state index in [1.54, 1.807) is 0 Å². The molecule has 26 heavy (non-hydrogen) atoms. The van der Waals surface area contributed by atoms with E-state index < -0.39 is 0 Å². The molecular weight excluding hydrogens is 314 g/mol. The summed E-state index contributed by atoms with van der Waals surface area (Å²) in [7, 11) is 2.02.